The first-order chi connectivity index (χ1) is 9.18. The Labute approximate surface area is 114 Å². The molecule has 1 aromatic rings. The summed E-state index contributed by atoms with van der Waals surface area (Å²) in [6, 6.07) is 1.54. The molecule has 0 atom stereocenters. The molecule has 100 valence electrons. The van der Waals surface area contributed by atoms with Gasteiger partial charge in [0.25, 0.3) is 0 Å². The van der Waals surface area contributed by atoms with Gasteiger partial charge in [-0.05, 0) is 18.9 Å². The molecule has 0 bridgehead atoms. The highest BCUT2D eigenvalue weighted by Crippen LogP contribution is 2.49. The zero-order valence-electron chi connectivity index (χ0n) is 10.0. The number of aliphatic imine (C=N–C) groups is 1. The second-order valence-corrected chi connectivity index (χ2v) is 5.11. The van der Waals surface area contributed by atoms with Gasteiger partial charge in [0.1, 0.15) is 10.6 Å². The average Bonchev–Trinajstić information content (AvgIpc) is 3.03. The molecule has 2 aliphatic rings. The van der Waals surface area contributed by atoms with Gasteiger partial charge in [-0.1, -0.05) is 24.4 Å². The molecule has 0 N–H and O–H groups in total. The van der Waals surface area contributed by atoms with Crippen molar-refractivity contribution in [2.24, 2.45) is 4.99 Å². The lowest BCUT2D eigenvalue weighted by molar-refractivity contribution is 0.174. The van der Waals surface area contributed by atoms with Crippen LogP contribution in [0.25, 0.3) is 0 Å². The topological polar surface area (TPSA) is 47.9 Å². The maximum absolute atomic E-state index is 14.4. The Bertz CT molecular complexity index is 578. The molecule has 1 saturated carbocycles. The van der Waals surface area contributed by atoms with Crippen molar-refractivity contribution < 1.29 is 18.7 Å². The Kier molecular flexibility index (Phi) is 2.96. The number of isocyanates is 1. The van der Waals surface area contributed by atoms with Gasteiger partial charge in [0.05, 0.1) is 0 Å². The number of fused-ring (bicyclic) bond motifs is 1. The lowest BCUT2D eigenvalue weighted by Gasteiger charge is -2.24. The van der Waals surface area contributed by atoms with Crippen LogP contribution >= 0.6 is 11.6 Å². The number of ether oxygens (including phenoxy) is 2. The van der Waals surface area contributed by atoms with Crippen molar-refractivity contribution in [2.45, 2.75) is 31.2 Å². The van der Waals surface area contributed by atoms with Crippen LogP contribution in [0, 0.1) is 5.82 Å². The van der Waals surface area contributed by atoms with Gasteiger partial charge in [0.15, 0.2) is 17.3 Å². The van der Waals surface area contributed by atoms with Crippen molar-refractivity contribution in [3.05, 3.63) is 22.5 Å². The third-order valence-electron chi connectivity index (χ3n) is 3.74. The molecule has 0 spiro atoms. The molecule has 0 unspecified atom stereocenters. The minimum atomic E-state index is -0.865. The molecule has 4 nitrogen and oxygen atoms in total. The van der Waals surface area contributed by atoms with Gasteiger partial charge in [-0.3, -0.25) is 0 Å². The minimum absolute atomic E-state index is 0.0158. The van der Waals surface area contributed by atoms with E-state index in [4.69, 9.17) is 21.1 Å². The molecule has 0 radical (unpaired) electrons. The van der Waals surface area contributed by atoms with Crippen molar-refractivity contribution in [1.29, 1.82) is 0 Å². The molecular formula is C13H11ClFNO3. The van der Waals surface area contributed by atoms with E-state index in [0.29, 0.717) is 24.2 Å². The van der Waals surface area contributed by atoms with Gasteiger partial charge in [-0.2, -0.15) is 4.99 Å². The third-order valence-corrected chi connectivity index (χ3v) is 4.07. The Morgan fingerprint density at radius 3 is 2.79 bits per heavy atom. The van der Waals surface area contributed by atoms with Crippen molar-refractivity contribution >= 4 is 17.7 Å². The van der Waals surface area contributed by atoms with E-state index in [2.05, 4.69) is 4.99 Å². The molecule has 1 aromatic carbocycles. The molecule has 3 rings (SSSR count). The zero-order chi connectivity index (χ0) is 13.5. The third kappa shape index (κ3) is 1.81. The Morgan fingerprint density at radius 1 is 1.37 bits per heavy atom. The predicted molar refractivity (Wildman–Crippen MR) is 65.8 cm³/mol. The van der Waals surface area contributed by atoms with E-state index < -0.39 is 11.4 Å². The van der Waals surface area contributed by atoms with Crippen LogP contribution in [0.1, 0.15) is 31.2 Å². The summed E-state index contributed by atoms with van der Waals surface area (Å²) in [7, 11) is 0. The number of benzene rings is 1. The van der Waals surface area contributed by atoms with Crippen LogP contribution in [-0.4, -0.2) is 12.9 Å². The van der Waals surface area contributed by atoms with Crippen LogP contribution in [-0.2, 0) is 10.3 Å². The summed E-state index contributed by atoms with van der Waals surface area (Å²) in [4.78, 5) is 14.5. The summed E-state index contributed by atoms with van der Waals surface area (Å²) in [6.45, 7) is 0.0158. The molecular weight excluding hydrogens is 273 g/mol. The summed E-state index contributed by atoms with van der Waals surface area (Å²) in [6.07, 6.45) is 4.54. The van der Waals surface area contributed by atoms with E-state index in [1.165, 1.54) is 6.07 Å². The summed E-state index contributed by atoms with van der Waals surface area (Å²) in [5, 5.41) is -0.114. The Balaban J connectivity index is 2.19. The molecule has 0 amide bonds. The Morgan fingerprint density at radius 2 is 2.11 bits per heavy atom. The fourth-order valence-electron chi connectivity index (χ4n) is 2.81. The van der Waals surface area contributed by atoms with Crippen LogP contribution in [0.15, 0.2) is 11.1 Å². The molecule has 19 heavy (non-hydrogen) atoms. The Hall–Kier alpha value is -1.58. The normalized spacial score (nSPS) is 19.3. The second kappa shape index (κ2) is 4.51. The lowest BCUT2D eigenvalue weighted by Crippen LogP contribution is -2.21. The van der Waals surface area contributed by atoms with Gasteiger partial charge >= 0.3 is 0 Å². The van der Waals surface area contributed by atoms with Crippen LogP contribution in [0.2, 0.25) is 5.02 Å². The highest BCUT2D eigenvalue weighted by atomic mass is 35.5. The summed E-state index contributed by atoms with van der Waals surface area (Å²) >= 11 is 5.96. The maximum atomic E-state index is 14.4. The van der Waals surface area contributed by atoms with E-state index in [9.17, 15) is 9.18 Å². The van der Waals surface area contributed by atoms with Crippen LogP contribution < -0.4 is 9.47 Å². The molecule has 1 aliphatic heterocycles. The van der Waals surface area contributed by atoms with Crippen LogP contribution in [0.4, 0.5) is 4.39 Å². The van der Waals surface area contributed by atoms with Crippen molar-refractivity contribution in [2.75, 3.05) is 6.79 Å². The number of hydrogen-bond donors (Lipinski definition) is 0. The first-order valence-corrected chi connectivity index (χ1v) is 6.43. The second-order valence-electron chi connectivity index (χ2n) is 4.73. The summed E-state index contributed by atoms with van der Waals surface area (Å²) < 4.78 is 24.8. The first-order valence-electron chi connectivity index (χ1n) is 6.05. The van der Waals surface area contributed by atoms with Crippen molar-refractivity contribution in [1.82, 2.24) is 0 Å². The molecule has 1 aliphatic carbocycles. The molecule has 0 aromatic heterocycles. The summed E-state index contributed by atoms with van der Waals surface area (Å²) in [5.74, 6) is 0.0201. The van der Waals surface area contributed by atoms with Gasteiger partial charge < -0.3 is 9.47 Å². The fraction of sp³-hybridized carbons (Fsp3) is 0.462. The van der Waals surface area contributed by atoms with Gasteiger partial charge in [0.2, 0.25) is 12.9 Å². The number of hydrogen-bond acceptors (Lipinski definition) is 4. The predicted octanol–water partition coefficient (Wildman–Crippen LogP) is 3.31. The smallest absolute Gasteiger partial charge is 0.235 e. The van der Waals surface area contributed by atoms with E-state index in [1.807, 2.05) is 0 Å². The minimum Gasteiger partial charge on any atom is -0.454 e. The van der Waals surface area contributed by atoms with Gasteiger partial charge in [-0.25, -0.2) is 9.18 Å². The van der Waals surface area contributed by atoms with Crippen molar-refractivity contribution in [3.8, 4) is 11.5 Å². The SMILES string of the molecule is O=C=NC1(c2cc3c(c(Cl)c2F)OCO3)CCCC1. The van der Waals surface area contributed by atoms with E-state index in [-0.39, 0.29) is 17.6 Å². The van der Waals surface area contributed by atoms with E-state index >= 15 is 0 Å². The molecule has 6 heteroatoms. The fourth-order valence-corrected chi connectivity index (χ4v) is 3.06. The number of rotatable bonds is 2. The highest BCUT2D eigenvalue weighted by Gasteiger charge is 2.40. The van der Waals surface area contributed by atoms with Gasteiger partial charge in [0, 0.05) is 5.56 Å². The number of nitrogens with zero attached hydrogens (tertiary/aromatic N) is 1. The number of halogens is 2. The number of carbonyl (C=O) groups excluding carboxylic acids is 1. The monoisotopic (exact) mass is 283 g/mol. The van der Waals surface area contributed by atoms with Gasteiger partial charge in [-0.15, -0.1) is 0 Å². The molecule has 1 fully saturated rings. The van der Waals surface area contributed by atoms with Crippen LogP contribution in [0.5, 0.6) is 11.5 Å². The standard InChI is InChI=1S/C13H11ClFNO3/c14-10-11(15)8(5-9-12(10)19-7-18-9)13(16-6-17)3-1-2-4-13/h5H,1-4,7H2. The van der Waals surface area contributed by atoms with E-state index in [0.717, 1.165) is 12.8 Å². The molecule has 0 saturated heterocycles. The van der Waals surface area contributed by atoms with E-state index in [1.54, 1.807) is 6.08 Å². The molecule has 1 heterocycles. The first kappa shape index (κ1) is 12.5. The average molecular weight is 284 g/mol. The lowest BCUT2D eigenvalue weighted by atomic mass is 9.88. The maximum Gasteiger partial charge on any atom is 0.235 e. The largest absolute Gasteiger partial charge is 0.454 e. The van der Waals surface area contributed by atoms with Crippen molar-refractivity contribution in [3.63, 3.8) is 0 Å². The van der Waals surface area contributed by atoms with Crippen LogP contribution in [0.3, 0.4) is 0 Å². The highest BCUT2D eigenvalue weighted by molar-refractivity contribution is 6.32. The zero-order valence-corrected chi connectivity index (χ0v) is 10.8. The quantitative estimate of drug-likeness (QED) is 0.618. The summed E-state index contributed by atoms with van der Waals surface area (Å²) in [5.41, 5.74) is -0.571.